The second-order valence-corrected chi connectivity index (χ2v) is 7.12. The number of hydrogen-bond acceptors (Lipinski definition) is 4. The number of benzene rings is 1. The van der Waals surface area contributed by atoms with Gasteiger partial charge in [-0.1, -0.05) is 0 Å². The minimum absolute atomic E-state index is 0.248. The number of rotatable bonds is 5. The van der Waals surface area contributed by atoms with E-state index >= 15 is 0 Å². The molecule has 1 aliphatic rings. The number of carbonyl (C=O) groups excluding carboxylic acids is 1. The standard InChI is InChI=1S/C22H25N3O2/c1-3-27-22(26)17-4-5-20-18(14-17)19-15-24(2)12-9-21(19)25(20)13-8-16-6-10-23-11-7-16/h4-7,10-11,14H,3,8-9,12-13,15H2,1-2H3. The molecule has 0 bridgehead atoms. The Bertz CT molecular complexity index is 963. The highest BCUT2D eigenvalue weighted by molar-refractivity contribution is 5.96. The summed E-state index contributed by atoms with van der Waals surface area (Å²) in [5.74, 6) is -0.248. The lowest BCUT2D eigenvalue weighted by atomic mass is 10.0. The lowest BCUT2D eigenvalue weighted by molar-refractivity contribution is 0.0526. The smallest absolute Gasteiger partial charge is 0.338 e. The van der Waals surface area contributed by atoms with Crippen LogP contribution in [0.2, 0.25) is 0 Å². The molecule has 27 heavy (non-hydrogen) atoms. The van der Waals surface area contributed by atoms with Crippen molar-refractivity contribution in [3.05, 3.63) is 65.1 Å². The first-order valence-corrected chi connectivity index (χ1v) is 9.56. The van der Waals surface area contributed by atoms with Crippen LogP contribution in [-0.2, 0) is 30.7 Å². The maximum absolute atomic E-state index is 12.2. The largest absolute Gasteiger partial charge is 0.462 e. The summed E-state index contributed by atoms with van der Waals surface area (Å²) in [6.45, 7) is 5.13. The van der Waals surface area contributed by atoms with Gasteiger partial charge in [0.15, 0.2) is 0 Å². The average Bonchev–Trinajstić information content (AvgIpc) is 2.99. The van der Waals surface area contributed by atoms with E-state index < -0.39 is 0 Å². The fraction of sp³-hybridized carbons (Fsp3) is 0.364. The molecule has 0 radical (unpaired) electrons. The first-order valence-electron chi connectivity index (χ1n) is 9.56. The van der Waals surface area contributed by atoms with Crippen LogP contribution in [-0.4, -0.2) is 40.6 Å². The molecule has 3 aromatic rings. The second-order valence-electron chi connectivity index (χ2n) is 7.12. The average molecular weight is 363 g/mol. The highest BCUT2D eigenvalue weighted by atomic mass is 16.5. The number of likely N-dealkylation sites (N-methyl/N-ethyl adjacent to an activating group) is 1. The van der Waals surface area contributed by atoms with Crippen LogP contribution in [0.1, 0.15) is 34.1 Å². The molecule has 0 aliphatic carbocycles. The van der Waals surface area contributed by atoms with Crippen LogP contribution in [0.15, 0.2) is 42.7 Å². The first kappa shape index (κ1) is 17.7. The molecule has 0 N–H and O–H groups in total. The number of aromatic nitrogens is 2. The Morgan fingerprint density at radius 2 is 2.04 bits per heavy atom. The molecule has 140 valence electrons. The molecule has 0 unspecified atom stereocenters. The van der Waals surface area contributed by atoms with Gasteiger partial charge in [0, 0.05) is 55.0 Å². The Balaban J connectivity index is 1.75. The van der Waals surface area contributed by atoms with Gasteiger partial charge in [-0.3, -0.25) is 4.98 Å². The van der Waals surface area contributed by atoms with E-state index in [-0.39, 0.29) is 5.97 Å². The van der Waals surface area contributed by atoms with Crippen LogP contribution in [0.4, 0.5) is 0 Å². The van der Waals surface area contributed by atoms with Gasteiger partial charge >= 0.3 is 5.97 Å². The SMILES string of the molecule is CCOC(=O)c1ccc2c(c1)c1c(n2CCc2ccncc2)CCN(C)C1. The summed E-state index contributed by atoms with van der Waals surface area (Å²) in [7, 11) is 2.15. The number of pyridine rings is 1. The van der Waals surface area contributed by atoms with Crippen molar-refractivity contribution in [1.82, 2.24) is 14.5 Å². The van der Waals surface area contributed by atoms with Crippen molar-refractivity contribution in [2.24, 2.45) is 0 Å². The highest BCUT2D eigenvalue weighted by Crippen LogP contribution is 2.32. The van der Waals surface area contributed by atoms with E-state index in [1.54, 1.807) is 0 Å². The Hall–Kier alpha value is -2.66. The number of ether oxygens (including phenoxy) is 1. The number of nitrogens with zero attached hydrogens (tertiary/aromatic N) is 3. The quantitative estimate of drug-likeness (QED) is 0.652. The van der Waals surface area contributed by atoms with Gasteiger partial charge in [0.05, 0.1) is 12.2 Å². The molecule has 3 heterocycles. The zero-order chi connectivity index (χ0) is 18.8. The Labute approximate surface area is 159 Å². The van der Waals surface area contributed by atoms with Gasteiger partial charge in [-0.05, 0) is 61.9 Å². The minimum Gasteiger partial charge on any atom is -0.462 e. The van der Waals surface area contributed by atoms with E-state index in [4.69, 9.17) is 4.74 Å². The monoisotopic (exact) mass is 363 g/mol. The third kappa shape index (κ3) is 3.47. The summed E-state index contributed by atoms with van der Waals surface area (Å²) in [5, 5.41) is 1.18. The summed E-state index contributed by atoms with van der Waals surface area (Å²) in [5.41, 5.74) is 5.87. The van der Waals surface area contributed by atoms with Gasteiger partial charge < -0.3 is 14.2 Å². The van der Waals surface area contributed by atoms with Crippen LogP contribution in [0.5, 0.6) is 0 Å². The summed E-state index contributed by atoms with van der Waals surface area (Å²) < 4.78 is 7.63. The van der Waals surface area contributed by atoms with Crippen molar-refractivity contribution in [3.63, 3.8) is 0 Å². The molecular formula is C22H25N3O2. The van der Waals surface area contributed by atoms with Gasteiger partial charge in [-0.2, -0.15) is 0 Å². The number of carbonyl (C=O) groups is 1. The van der Waals surface area contributed by atoms with Crippen LogP contribution >= 0.6 is 0 Å². The maximum atomic E-state index is 12.2. The predicted molar refractivity (Wildman–Crippen MR) is 106 cm³/mol. The third-order valence-corrected chi connectivity index (χ3v) is 5.33. The van der Waals surface area contributed by atoms with Gasteiger partial charge in [0.25, 0.3) is 0 Å². The summed E-state index contributed by atoms with van der Waals surface area (Å²) in [6.07, 6.45) is 5.69. The first-order chi connectivity index (χ1) is 13.2. The van der Waals surface area contributed by atoms with E-state index in [1.165, 1.54) is 27.7 Å². The molecule has 0 spiro atoms. The Morgan fingerprint density at radius 1 is 1.22 bits per heavy atom. The molecule has 5 heteroatoms. The molecule has 1 aromatic carbocycles. The summed E-state index contributed by atoms with van der Waals surface area (Å²) in [4.78, 5) is 18.6. The number of fused-ring (bicyclic) bond motifs is 3. The molecular weight excluding hydrogens is 338 g/mol. The van der Waals surface area contributed by atoms with Crippen LogP contribution < -0.4 is 0 Å². The van der Waals surface area contributed by atoms with E-state index in [0.717, 1.165) is 32.5 Å². The molecule has 0 fully saturated rings. The van der Waals surface area contributed by atoms with Crippen molar-refractivity contribution >= 4 is 16.9 Å². The molecule has 0 amide bonds. The van der Waals surface area contributed by atoms with Gasteiger partial charge in [0.1, 0.15) is 0 Å². The fourth-order valence-electron chi connectivity index (χ4n) is 3.97. The van der Waals surface area contributed by atoms with Gasteiger partial charge in [0.2, 0.25) is 0 Å². The van der Waals surface area contributed by atoms with Crippen molar-refractivity contribution in [3.8, 4) is 0 Å². The minimum atomic E-state index is -0.248. The van der Waals surface area contributed by atoms with Gasteiger partial charge in [-0.25, -0.2) is 4.79 Å². The van der Waals surface area contributed by atoms with Crippen molar-refractivity contribution < 1.29 is 9.53 Å². The second kappa shape index (κ2) is 7.53. The zero-order valence-corrected chi connectivity index (χ0v) is 15.9. The zero-order valence-electron chi connectivity index (χ0n) is 15.9. The lowest BCUT2D eigenvalue weighted by Crippen LogP contribution is -2.27. The molecule has 4 rings (SSSR count). The van der Waals surface area contributed by atoms with Crippen LogP contribution in [0.25, 0.3) is 10.9 Å². The summed E-state index contributed by atoms with van der Waals surface area (Å²) >= 11 is 0. The molecule has 0 saturated heterocycles. The molecule has 0 atom stereocenters. The van der Waals surface area contributed by atoms with E-state index in [1.807, 2.05) is 31.5 Å². The lowest BCUT2D eigenvalue weighted by Gasteiger charge is -2.24. The van der Waals surface area contributed by atoms with Crippen LogP contribution in [0, 0.1) is 0 Å². The van der Waals surface area contributed by atoms with Crippen molar-refractivity contribution in [2.75, 3.05) is 20.2 Å². The number of esters is 1. The van der Waals surface area contributed by atoms with E-state index in [2.05, 4.69) is 39.7 Å². The molecule has 1 aliphatic heterocycles. The molecule has 0 saturated carbocycles. The third-order valence-electron chi connectivity index (χ3n) is 5.33. The Kier molecular flexibility index (Phi) is 4.94. The topological polar surface area (TPSA) is 47.4 Å². The fourth-order valence-corrected chi connectivity index (χ4v) is 3.97. The maximum Gasteiger partial charge on any atom is 0.338 e. The van der Waals surface area contributed by atoms with Crippen molar-refractivity contribution in [1.29, 1.82) is 0 Å². The Morgan fingerprint density at radius 3 is 2.81 bits per heavy atom. The normalized spacial score (nSPS) is 14.3. The highest BCUT2D eigenvalue weighted by Gasteiger charge is 2.23. The van der Waals surface area contributed by atoms with E-state index in [0.29, 0.717) is 12.2 Å². The number of hydrogen-bond donors (Lipinski definition) is 0. The van der Waals surface area contributed by atoms with Gasteiger partial charge in [-0.15, -0.1) is 0 Å². The summed E-state index contributed by atoms with van der Waals surface area (Å²) in [6, 6.07) is 10.1. The number of aryl methyl sites for hydroxylation is 2. The van der Waals surface area contributed by atoms with Crippen LogP contribution in [0.3, 0.4) is 0 Å². The predicted octanol–water partition coefficient (Wildman–Crippen LogP) is 3.44. The molecule has 2 aromatic heterocycles. The molecule has 5 nitrogen and oxygen atoms in total. The van der Waals surface area contributed by atoms with Crippen molar-refractivity contribution in [2.45, 2.75) is 32.9 Å². The van der Waals surface area contributed by atoms with E-state index in [9.17, 15) is 4.79 Å².